The largest absolute Gasteiger partial charge is 0.330 e. The number of pyridine rings is 1. The zero-order chi connectivity index (χ0) is 16.6. The summed E-state index contributed by atoms with van der Waals surface area (Å²) in [5.74, 6) is -2.03. The molecule has 0 amide bonds. The number of rotatable bonds is 4. The third-order valence-corrected chi connectivity index (χ3v) is 5.71. The van der Waals surface area contributed by atoms with E-state index in [-0.39, 0.29) is 12.5 Å². The molecule has 5 nitrogen and oxygen atoms in total. The molecule has 1 aliphatic rings. The zero-order valence-electron chi connectivity index (χ0n) is 12.1. The Morgan fingerprint density at radius 1 is 1.30 bits per heavy atom. The molecule has 1 aromatic carbocycles. The van der Waals surface area contributed by atoms with Gasteiger partial charge in [-0.25, -0.2) is 17.2 Å². The monoisotopic (exact) mass is 339 g/mol. The molecular formula is C15H15F2N3O2S. The van der Waals surface area contributed by atoms with Crippen molar-refractivity contribution < 1.29 is 17.2 Å². The molecule has 2 heterocycles. The Morgan fingerprint density at radius 3 is 2.78 bits per heavy atom. The summed E-state index contributed by atoms with van der Waals surface area (Å²) in [5.41, 5.74) is 6.81. The number of aromatic nitrogens is 1. The lowest BCUT2D eigenvalue weighted by molar-refractivity contribution is 0.546. The number of fused-ring (bicyclic) bond motifs is 1. The van der Waals surface area contributed by atoms with Crippen molar-refractivity contribution in [2.24, 2.45) is 5.73 Å². The predicted molar refractivity (Wildman–Crippen MR) is 81.5 cm³/mol. The second-order valence-electron chi connectivity index (χ2n) is 5.32. The lowest BCUT2D eigenvalue weighted by Crippen LogP contribution is -2.31. The highest BCUT2D eigenvalue weighted by atomic mass is 32.2. The van der Waals surface area contributed by atoms with Crippen molar-refractivity contribution in [3.8, 4) is 0 Å². The Balaban J connectivity index is 2.07. The number of nitrogens with two attached hydrogens (primary N) is 1. The third kappa shape index (κ3) is 2.68. The van der Waals surface area contributed by atoms with Gasteiger partial charge in [-0.1, -0.05) is 0 Å². The summed E-state index contributed by atoms with van der Waals surface area (Å²) < 4.78 is 53.7. The Hall–Kier alpha value is -2.06. The Kier molecular flexibility index (Phi) is 4.03. The van der Waals surface area contributed by atoms with Crippen molar-refractivity contribution in [1.82, 2.24) is 4.98 Å². The molecule has 1 aromatic heterocycles. The molecule has 0 saturated heterocycles. The quantitative estimate of drug-likeness (QED) is 0.924. The van der Waals surface area contributed by atoms with Crippen LogP contribution in [0.25, 0.3) is 0 Å². The van der Waals surface area contributed by atoms with Crippen LogP contribution < -0.4 is 10.0 Å². The van der Waals surface area contributed by atoms with E-state index < -0.39 is 26.6 Å². The van der Waals surface area contributed by atoms with Crippen molar-refractivity contribution in [3.63, 3.8) is 0 Å². The lowest BCUT2D eigenvalue weighted by atomic mass is 10.00. The lowest BCUT2D eigenvalue weighted by Gasteiger charge is -2.20. The highest BCUT2D eigenvalue weighted by Crippen LogP contribution is 2.40. The van der Waals surface area contributed by atoms with Gasteiger partial charge in [0.05, 0.1) is 5.69 Å². The van der Waals surface area contributed by atoms with E-state index in [0.29, 0.717) is 24.7 Å². The molecule has 0 fully saturated rings. The molecule has 2 N–H and O–H groups in total. The summed E-state index contributed by atoms with van der Waals surface area (Å²) >= 11 is 0. The summed E-state index contributed by atoms with van der Waals surface area (Å²) in [5, 5.41) is 0. The summed E-state index contributed by atoms with van der Waals surface area (Å²) in [6.45, 7) is 0.565. The van der Waals surface area contributed by atoms with Crippen LogP contribution in [0.2, 0.25) is 0 Å². The maximum atomic E-state index is 13.9. The number of halogens is 2. The van der Waals surface area contributed by atoms with Gasteiger partial charge in [-0.3, -0.25) is 9.29 Å². The van der Waals surface area contributed by atoms with Crippen LogP contribution >= 0.6 is 0 Å². The van der Waals surface area contributed by atoms with E-state index in [1.54, 1.807) is 12.3 Å². The van der Waals surface area contributed by atoms with Crippen molar-refractivity contribution in [2.75, 3.05) is 17.4 Å². The first-order valence-corrected chi connectivity index (χ1v) is 8.51. The van der Waals surface area contributed by atoms with Crippen molar-refractivity contribution in [3.05, 3.63) is 53.9 Å². The summed E-state index contributed by atoms with van der Waals surface area (Å²) in [6, 6.07) is 4.01. The van der Waals surface area contributed by atoms with Gasteiger partial charge < -0.3 is 5.73 Å². The van der Waals surface area contributed by atoms with Crippen LogP contribution in [0, 0.1) is 11.6 Å². The number of hydrogen-bond donors (Lipinski definition) is 1. The Labute approximate surface area is 132 Å². The molecule has 23 heavy (non-hydrogen) atoms. The fraction of sp³-hybridized carbons (Fsp3) is 0.267. The van der Waals surface area contributed by atoms with E-state index in [0.717, 1.165) is 22.0 Å². The van der Waals surface area contributed by atoms with Crippen LogP contribution in [-0.4, -0.2) is 26.5 Å². The van der Waals surface area contributed by atoms with E-state index in [1.807, 2.05) is 0 Å². The summed E-state index contributed by atoms with van der Waals surface area (Å²) in [6.07, 6.45) is 3.68. The molecule has 0 saturated carbocycles. The smallest absolute Gasteiger partial charge is 0.267 e. The average molecular weight is 339 g/mol. The van der Waals surface area contributed by atoms with Gasteiger partial charge in [-0.2, -0.15) is 0 Å². The van der Waals surface area contributed by atoms with Crippen molar-refractivity contribution in [2.45, 2.75) is 17.2 Å². The van der Waals surface area contributed by atoms with Gasteiger partial charge in [0.2, 0.25) is 0 Å². The van der Waals surface area contributed by atoms with E-state index in [4.69, 9.17) is 5.73 Å². The van der Waals surface area contributed by atoms with Crippen LogP contribution in [0.1, 0.15) is 17.9 Å². The fourth-order valence-corrected chi connectivity index (χ4v) is 4.40. The first kappa shape index (κ1) is 15.8. The molecule has 3 rings (SSSR count). The zero-order valence-corrected chi connectivity index (χ0v) is 12.9. The maximum absolute atomic E-state index is 13.9. The molecule has 0 radical (unpaired) electrons. The molecule has 0 bridgehead atoms. The molecule has 0 spiro atoms. The van der Waals surface area contributed by atoms with Gasteiger partial charge in [-0.05, 0) is 36.7 Å². The van der Waals surface area contributed by atoms with Gasteiger partial charge in [0, 0.05) is 30.9 Å². The van der Waals surface area contributed by atoms with Crippen molar-refractivity contribution >= 4 is 15.7 Å². The highest BCUT2D eigenvalue weighted by Gasteiger charge is 2.37. The third-order valence-electron chi connectivity index (χ3n) is 3.90. The van der Waals surface area contributed by atoms with Gasteiger partial charge >= 0.3 is 0 Å². The highest BCUT2D eigenvalue weighted by molar-refractivity contribution is 7.92. The molecule has 0 aliphatic carbocycles. The Bertz CT molecular complexity index is 842. The summed E-state index contributed by atoms with van der Waals surface area (Å²) in [7, 11) is -4.13. The molecule has 8 heteroatoms. The predicted octanol–water partition coefficient (Wildman–Crippen LogP) is 2.00. The standard InChI is InChI=1S/C15H15F2N3O2S/c16-11-1-2-15(13(17)7-11)23(21,22)20-9-10(3-5-18)12-8-19-6-4-14(12)20/h1-2,4,6-8,10H,3,5,9,18H2. The fourth-order valence-electron chi connectivity index (χ4n) is 2.82. The minimum atomic E-state index is -4.13. The average Bonchev–Trinajstić information content (AvgIpc) is 2.87. The van der Waals surface area contributed by atoms with Crippen LogP contribution in [0.4, 0.5) is 14.5 Å². The number of nitrogens with zero attached hydrogens (tertiary/aromatic N) is 2. The number of anilines is 1. The van der Waals surface area contributed by atoms with Gasteiger partial charge in [-0.15, -0.1) is 0 Å². The first-order chi connectivity index (χ1) is 10.9. The van der Waals surface area contributed by atoms with Crippen molar-refractivity contribution in [1.29, 1.82) is 0 Å². The van der Waals surface area contributed by atoms with E-state index >= 15 is 0 Å². The number of hydrogen-bond acceptors (Lipinski definition) is 4. The van der Waals surface area contributed by atoms with Crippen LogP contribution in [0.5, 0.6) is 0 Å². The van der Waals surface area contributed by atoms with Gasteiger partial charge in [0.25, 0.3) is 10.0 Å². The first-order valence-electron chi connectivity index (χ1n) is 7.07. The van der Waals surface area contributed by atoms with Gasteiger partial charge in [0.15, 0.2) is 0 Å². The molecule has 1 atom stereocenters. The topological polar surface area (TPSA) is 76.3 Å². The van der Waals surface area contributed by atoms with Gasteiger partial charge in [0.1, 0.15) is 16.5 Å². The molecule has 122 valence electrons. The minimum absolute atomic E-state index is 0.0954. The van der Waals surface area contributed by atoms with E-state index in [2.05, 4.69) is 4.98 Å². The normalized spacial score (nSPS) is 17.3. The van der Waals surface area contributed by atoms with Crippen LogP contribution in [-0.2, 0) is 10.0 Å². The summed E-state index contributed by atoms with van der Waals surface area (Å²) in [4.78, 5) is 3.48. The SMILES string of the molecule is NCCC1CN(S(=O)(=O)c2ccc(F)cc2F)c2ccncc21. The second-order valence-corrected chi connectivity index (χ2v) is 7.15. The minimum Gasteiger partial charge on any atom is -0.330 e. The number of benzene rings is 1. The molecule has 1 aliphatic heterocycles. The Morgan fingerprint density at radius 2 is 2.09 bits per heavy atom. The van der Waals surface area contributed by atoms with Crippen LogP contribution in [0.15, 0.2) is 41.6 Å². The second kappa shape index (κ2) is 5.86. The molecular weight excluding hydrogens is 324 g/mol. The maximum Gasteiger partial charge on any atom is 0.267 e. The molecule has 1 unspecified atom stereocenters. The molecule has 2 aromatic rings. The van der Waals surface area contributed by atoms with E-state index in [1.165, 1.54) is 6.20 Å². The van der Waals surface area contributed by atoms with E-state index in [9.17, 15) is 17.2 Å². The number of sulfonamides is 1. The van der Waals surface area contributed by atoms with Crippen LogP contribution in [0.3, 0.4) is 0 Å².